The molecule has 1 aliphatic rings. The molecule has 1 aromatic heterocycles. The molecule has 0 atom stereocenters. The number of ether oxygens (including phenoxy) is 1. The molecule has 0 bridgehead atoms. The molecule has 4 rings (SSSR count). The highest BCUT2D eigenvalue weighted by Gasteiger charge is 2.41. The normalized spacial score (nSPS) is 14.5. The van der Waals surface area contributed by atoms with Crippen LogP contribution in [0.15, 0.2) is 48.5 Å². The minimum absolute atomic E-state index is 0.0449. The summed E-state index contributed by atoms with van der Waals surface area (Å²) in [6.07, 6.45) is -3.99. The van der Waals surface area contributed by atoms with Gasteiger partial charge in [0.1, 0.15) is 11.6 Å². The van der Waals surface area contributed by atoms with Crippen molar-refractivity contribution in [3.8, 4) is 16.9 Å². The van der Waals surface area contributed by atoms with Gasteiger partial charge in [0.2, 0.25) is 0 Å². The van der Waals surface area contributed by atoms with E-state index in [2.05, 4.69) is 4.98 Å². The second-order valence-corrected chi connectivity index (χ2v) is 9.61. The van der Waals surface area contributed by atoms with E-state index in [9.17, 15) is 27.5 Å². The van der Waals surface area contributed by atoms with Crippen molar-refractivity contribution in [1.82, 2.24) is 4.98 Å². The Morgan fingerprint density at radius 2 is 1.66 bits per heavy atom. The van der Waals surface area contributed by atoms with Crippen molar-refractivity contribution in [3.63, 3.8) is 0 Å². The number of benzene rings is 2. The van der Waals surface area contributed by atoms with Gasteiger partial charge in [-0.15, -0.1) is 0 Å². The van der Waals surface area contributed by atoms with Gasteiger partial charge in [0.25, 0.3) is 0 Å². The zero-order valence-electron chi connectivity index (χ0n) is 21.3. The maximum absolute atomic E-state index is 13.3. The number of aliphatic carboxylic acids is 1. The summed E-state index contributed by atoms with van der Waals surface area (Å²) in [6, 6.07) is 13.5. The van der Waals surface area contributed by atoms with Crippen LogP contribution >= 0.6 is 0 Å². The van der Waals surface area contributed by atoms with E-state index in [1.54, 1.807) is 31.2 Å². The fourth-order valence-electron chi connectivity index (χ4n) is 5.01. The molecule has 9 heteroatoms. The van der Waals surface area contributed by atoms with E-state index < -0.39 is 18.1 Å². The zero-order chi connectivity index (χ0) is 27.4. The van der Waals surface area contributed by atoms with Gasteiger partial charge in [0.05, 0.1) is 24.6 Å². The van der Waals surface area contributed by atoms with Crippen LogP contribution in [0.5, 0.6) is 5.75 Å². The molecule has 1 aliphatic heterocycles. The molecule has 0 radical (unpaired) electrons. The summed E-state index contributed by atoms with van der Waals surface area (Å²) in [4.78, 5) is 18.2. The van der Waals surface area contributed by atoms with Crippen molar-refractivity contribution in [2.45, 2.75) is 45.7 Å². The Kier molecular flexibility index (Phi) is 8.23. The lowest BCUT2D eigenvalue weighted by atomic mass is 9.91. The Balaban J connectivity index is 1.60. The van der Waals surface area contributed by atoms with Crippen molar-refractivity contribution >= 4 is 11.7 Å². The molecule has 1 N–H and O–H groups in total. The number of rotatable bonds is 8. The molecule has 5 nitrogen and oxygen atoms in total. The van der Waals surface area contributed by atoms with Crippen LogP contribution in [-0.4, -0.2) is 41.9 Å². The highest BCUT2D eigenvalue weighted by Crippen LogP contribution is 2.42. The fourth-order valence-corrected chi connectivity index (χ4v) is 5.01. The van der Waals surface area contributed by atoms with Gasteiger partial charge >= 0.3 is 12.1 Å². The Labute approximate surface area is 219 Å². The van der Waals surface area contributed by atoms with Crippen LogP contribution in [0.3, 0.4) is 0 Å². The van der Waals surface area contributed by atoms with Crippen molar-refractivity contribution in [2.75, 3.05) is 24.6 Å². The van der Waals surface area contributed by atoms with Gasteiger partial charge in [-0.25, -0.2) is 4.39 Å². The summed E-state index contributed by atoms with van der Waals surface area (Å²) in [5.74, 6) is -2.05. The van der Waals surface area contributed by atoms with Gasteiger partial charge in [0.15, 0.2) is 0 Å². The number of alkyl halides is 3. The van der Waals surface area contributed by atoms with Crippen LogP contribution in [-0.2, 0) is 17.6 Å². The first-order valence-corrected chi connectivity index (χ1v) is 12.5. The molecule has 0 saturated carbocycles. The molecule has 0 unspecified atom stereocenters. The number of hydrogen-bond acceptors (Lipinski definition) is 4. The summed E-state index contributed by atoms with van der Waals surface area (Å²) >= 11 is 0. The van der Waals surface area contributed by atoms with E-state index in [0.717, 1.165) is 16.7 Å². The Bertz CT molecular complexity index is 1270. The van der Waals surface area contributed by atoms with Gasteiger partial charge in [0, 0.05) is 42.0 Å². The van der Waals surface area contributed by atoms with Crippen molar-refractivity contribution in [2.24, 2.45) is 5.92 Å². The Hall–Kier alpha value is -3.62. The smallest absolute Gasteiger partial charge is 0.391 e. The van der Waals surface area contributed by atoms with E-state index in [1.807, 2.05) is 24.0 Å². The number of carbonyl (C=O) groups is 1. The van der Waals surface area contributed by atoms with Gasteiger partial charge in [-0.3, -0.25) is 9.78 Å². The van der Waals surface area contributed by atoms with Crippen LogP contribution < -0.4 is 9.64 Å². The molecular formula is C29H30F4N2O3. The first kappa shape index (κ1) is 27.4. The van der Waals surface area contributed by atoms with Crippen molar-refractivity contribution in [3.05, 3.63) is 76.9 Å². The minimum atomic E-state index is -4.24. The fraction of sp³-hybridized carbons (Fsp3) is 0.379. The number of carboxylic acids is 1. The Morgan fingerprint density at radius 3 is 2.24 bits per heavy atom. The van der Waals surface area contributed by atoms with Crippen LogP contribution in [0.2, 0.25) is 0 Å². The minimum Gasteiger partial charge on any atom is -0.493 e. The average molecular weight is 531 g/mol. The van der Waals surface area contributed by atoms with Crippen LogP contribution in [0.1, 0.15) is 35.4 Å². The van der Waals surface area contributed by atoms with Gasteiger partial charge < -0.3 is 14.7 Å². The second-order valence-electron chi connectivity index (χ2n) is 9.61. The third-order valence-electron chi connectivity index (χ3n) is 6.97. The first-order chi connectivity index (χ1) is 18.0. The highest BCUT2D eigenvalue weighted by molar-refractivity contribution is 5.86. The number of nitrogens with zero attached hydrogens (tertiary/aromatic N) is 2. The first-order valence-electron chi connectivity index (χ1n) is 12.5. The van der Waals surface area contributed by atoms with E-state index in [4.69, 9.17) is 4.74 Å². The largest absolute Gasteiger partial charge is 0.493 e. The molecule has 3 aromatic rings. The average Bonchev–Trinajstić information content (AvgIpc) is 2.86. The number of aryl methyl sites for hydroxylation is 2. The van der Waals surface area contributed by atoms with Crippen LogP contribution in [0.25, 0.3) is 11.1 Å². The molecule has 1 saturated heterocycles. The number of piperidine rings is 1. The summed E-state index contributed by atoms with van der Waals surface area (Å²) in [5, 5.41) is 9.58. The van der Waals surface area contributed by atoms with Crippen LogP contribution in [0.4, 0.5) is 23.2 Å². The van der Waals surface area contributed by atoms with E-state index in [0.29, 0.717) is 41.4 Å². The molecule has 0 aliphatic carbocycles. The predicted octanol–water partition coefficient (Wildman–Crippen LogP) is 6.53. The molecule has 1 fully saturated rings. The third kappa shape index (κ3) is 6.44. The summed E-state index contributed by atoms with van der Waals surface area (Å²) in [7, 11) is 0. The topological polar surface area (TPSA) is 62.7 Å². The second kappa shape index (κ2) is 11.4. The molecular weight excluding hydrogens is 500 g/mol. The lowest BCUT2D eigenvalue weighted by molar-refractivity contribution is -0.179. The van der Waals surface area contributed by atoms with E-state index in [1.165, 1.54) is 12.1 Å². The number of pyridine rings is 1. The van der Waals surface area contributed by atoms with E-state index >= 15 is 0 Å². The molecule has 2 aromatic carbocycles. The number of halogens is 4. The summed E-state index contributed by atoms with van der Waals surface area (Å²) in [5.41, 5.74) is 4.84. The molecule has 2 heterocycles. The number of aromatic nitrogens is 1. The molecule has 38 heavy (non-hydrogen) atoms. The zero-order valence-corrected chi connectivity index (χ0v) is 21.3. The van der Waals surface area contributed by atoms with Gasteiger partial charge in [-0.2, -0.15) is 13.2 Å². The highest BCUT2D eigenvalue weighted by atomic mass is 19.4. The van der Waals surface area contributed by atoms with Crippen LogP contribution in [0, 0.1) is 25.6 Å². The van der Waals surface area contributed by atoms with Gasteiger partial charge in [-0.1, -0.05) is 24.3 Å². The van der Waals surface area contributed by atoms with Crippen molar-refractivity contribution < 1.29 is 32.2 Å². The van der Waals surface area contributed by atoms with Gasteiger partial charge in [-0.05, 0) is 62.1 Å². The van der Waals surface area contributed by atoms with E-state index in [-0.39, 0.29) is 38.2 Å². The standard InChI is InChI=1S/C29H30F4N2O3/c1-18-25(17-26(36)37)28(35-14-11-22(12-15-35)29(31,32)33)27(19(2)34-18)21-5-9-24(10-6-21)38-16-13-20-3-7-23(30)8-4-20/h3-10,22H,11-17H2,1-2H3,(H,36,37). The maximum atomic E-state index is 13.3. The van der Waals surface area contributed by atoms with Crippen molar-refractivity contribution in [1.29, 1.82) is 0 Å². The predicted molar refractivity (Wildman–Crippen MR) is 137 cm³/mol. The number of anilines is 1. The SMILES string of the molecule is Cc1nc(C)c(-c2ccc(OCCc3ccc(F)cc3)cc2)c(N2CCC(C(F)(F)F)CC2)c1CC(=O)O. The Morgan fingerprint density at radius 1 is 1.03 bits per heavy atom. The molecule has 0 spiro atoms. The lowest BCUT2D eigenvalue weighted by Crippen LogP contribution is -2.40. The lowest BCUT2D eigenvalue weighted by Gasteiger charge is -2.37. The third-order valence-corrected chi connectivity index (χ3v) is 6.97. The quantitative estimate of drug-likeness (QED) is 0.336. The summed E-state index contributed by atoms with van der Waals surface area (Å²) < 4.78 is 58.8. The number of carboxylic acid groups (broad SMARTS) is 1. The summed E-state index contributed by atoms with van der Waals surface area (Å²) in [6.45, 7) is 4.32. The molecule has 0 amide bonds. The monoisotopic (exact) mass is 530 g/mol. The number of hydrogen-bond donors (Lipinski definition) is 1. The maximum Gasteiger partial charge on any atom is 0.391 e. The molecule has 202 valence electrons.